The summed E-state index contributed by atoms with van der Waals surface area (Å²) in [4.78, 5) is 52.9. The number of rotatable bonds is 2. The number of anilines is 4. The van der Waals surface area contributed by atoms with E-state index in [1.54, 1.807) is 0 Å². The highest BCUT2D eigenvalue weighted by molar-refractivity contribution is 8.07. The lowest BCUT2D eigenvalue weighted by Crippen LogP contribution is -2.49. The van der Waals surface area contributed by atoms with Crippen molar-refractivity contribution in [2.75, 3.05) is 41.7 Å². The molecule has 2 bridgehead atoms. The van der Waals surface area contributed by atoms with Crippen molar-refractivity contribution >= 4 is 83.2 Å². The van der Waals surface area contributed by atoms with E-state index in [4.69, 9.17) is 57.9 Å². The van der Waals surface area contributed by atoms with Crippen LogP contribution in [0.5, 0.6) is 0 Å². The number of nitrogens with one attached hydrogen (secondary N) is 3. The highest BCUT2D eigenvalue weighted by Crippen LogP contribution is 2.56. The molecular weight excluding hydrogens is 706 g/mol. The third-order valence-electron chi connectivity index (χ3n) is 7.31. The summed E-state index contributed by atoms with van der Waals surface area (Å²) in [5, 5.41) is -0.885. The van der Waals surface area contributed by atoms with E-state index in [0.717, 1.165) is 29.0 Å². The molecule has 3 saturated heterocycles. The molecule has 45 heavy (non-hydrogen) atoms. The lowest BCUT2D eigenvalue weighted by atomic mass is 10.1. The number of imidazole rings is 1. The van der Waals surface area contributed by atoms with Crippen LogP contribution in [0.25, 0.3) is 11.2 Å². The topological polar surface area (TPSA) is 255 Å². The van der Waals surface area contributed by atoms with Gasteiger partial charge in [0, 0.05) is 0 Å². The molecule has 3 fully saturated rings. The third kappa shape index (κ3) is 5.50. The average Bonchev–Trinajstić information content (AvgIpc) is 3.73. The number of nitrogen functional groups attached to an aromatic ring is 2. The van der Waals surface area contributed by atoms with E-state index in [1.807, 2.05) is 0 Å². The number of alkyl halides is 2. The first-order valence-electron chi connectivity index (χ1n) is 12.8. The van der Waals surface area contributed by atoms with Gasteiger partial charge in [0.1, 0.15) is 42.2 Å². The van der Waals surface area contributed by atoms with E-state index in [9.17, 15) is 14.6 Å². The number of fused-ring (bicyclic) bond motifs is 5. The largest absolute Gasteiger partial charge is 0.382 e. The van der Waals surface area contributed by atoms with E-state index in [0.29, 0.717) is 0 Å². The number of H-pyrrole nitrogens is 1. The van der Waals surface area contributed by atoms with E-state index < -0.39 is 79.7 Å². The smallest absolute Gasteiger partial charge is 0.325 e. The first-order chi connectivity index (χ1) is 21.3. The number of hydrogen-bond acceptors (Lipinski definition) is 18. The molecule has 0 radical (unpaired) electrons. The molecule has 0 spiro atoms. The van der Waals surface area contributed by atoms with Crippen LogP contribution in [0.4, 0.5) is 32.1 Å². The van der Waals surface area contributed by atoms with Crippen molar-refractivity contribution in [3.63, 3.8) is 0 Å². The Labute approximate surface area is 264 Å². The van der Waals surface area contributed by atoms with Crippen molar-refractivity contribution in [2.45, 2.75) is 40.9 Å². The summed E-state index contributed by atoms with van der Waals surface area (Å²) in [6.45, 7) is -10.5. The van der Waals surface area contributed by atoms with Crippen molar-refractivity contribution in [3.8, 4) is 0 Å². The van der Waals surface area contributed by atoms with Gasteiger partial charge in [-0.15, -0.1) is 17.3 Å². The predicted octanol–water partition coefficient (Wildman–Crippen LogP) is -0.523. The quantitative estimate of drug-likeness (QED) is 0.164. The minimum atomic E-state index is -4.33. The van der Waals surface area contributed by atoms with Crippen molar-refractivity contribution in [2.24, 2.45) is 0 Å². The average molecular weight is 730 g/mol. The Morgan fingerprint density at radius 2 is 1.91 bits per heavy atom. The summed E-state index contributed by atoms with van der Waals surface area (Å²) < 4.78 is 62.0. The van der Waals surface area contributed by atoms with Gasteiger partial charge >= 0.3 is 13.4 Å². The summed E-state index contributed by atoms with van der Waals surface area (Å²) in [5.41, 5.74) is 16.4. The Hall–Kier alpha value is -2.18. The molecule has 4 aliphatic heterocycles. The molecule has 0 aromatic carbocycles. The molecule has 0 amide bonds. The maximum Gasteiger partial charge on any atom is 0.325 e. The highest BCUT2D eigenvalue weighted by atomic mass is 32.5. The number of ether oxygens (including phenoxy) is 1. The van der Waals surface area contributed by atoms with Crippen LogP contribution < -0.4 is 33.0 Å². The number of aromatic nitrogens is 6. The SMILES string of the molecule is Nc1nc2c(c(=O)[nH]1)NNN2[C@@H]1S[C@@H]2COP(O)(=S)O[C@@H]3[C@@H](COP(O)(=S)O[C@@H]1[C@@H]2F)OC[C@@]3(F)n1cnc2c(N)ncnc21. The lowest BCUT2D eigenvalue weighted by Gasteiger charge is -2.33. The molecule has 244 valence electrons. The number of halogens is 2. The second-order valence-electron chi connectivity index (χ2n) is 10.1. The minimum Gasteiger partial charge on any atom is -0.382 e. The summed E-state index contributed by atoms with van der Waals surface area (Å²) in [6.07, 6.45) is -4.26. The molecule has 4 aliphatic rings. The monoisotopic (exact) mass is 729 g/mol. The molecule has 7 heterocycles. The van der Waals surface area contributed by atoms with Crippen LogP contribution in [0.1, 0.15) is 0 Å². The Morgan fingerprint density at radius 1 is 1.16 bits per heavy atom. The molecule has 9 atom stereocenters. The minimum absolute atomic E-state index is 0.00528. The number of hydrogen-bond donors (Lipinski definition) is 7. The molecule has 3 aromatic rings. The zero-order valence-electron chi connectivity index (χ0n) is 22.3. The zero-order valence-corrected chi connectivity index (χ0v) is 26.5. The normalized spacial score (nSPS) is 38.6. The summed E-state index contributed by atoms with van der Waals surface area (Å²) in [7, 11) is 0. The maximum absolute atomic E-state index is 16.9. The van der Waals surface area contributed by atoms with Crippen LogP contribution in [-0.4, -0.2) is 94.2 Å². The molecule has 0 saturated carbocycles. The Bertz CT molecular complexity index is 1830. The van der Waals surface area contributed by atoms with E-state index in [2.05, 4.69) is 35.9 Å². The zero-order chi connectivity index (χ0) is 31.9. The van der Waals surface area contributed by atoms with Gasteiger partial charge in [-0.05, 0) is 23.6 Å². The summed E-state index contributed by atoms with van der Waals surface area (Å²) in [6, 6.07) is 0. The summed E-state index contributed by atoms with van der Waals surface area (Å²) in [5.74, 6) is -2.81. The van der Waals surface area contributed by atoms with E-state index in [1.165, 1.54) is 5.01 Å². The number of nitrogens with zero attached hydrogens (tertiary/aromatic N) is 6. The lowest BCUT2D eigenvalue weighted by molar-refractivity contribution is -0.0381. The van der Waals surface area contributed by atoms with Gasteiger partial charge in [0.15, 0.2) is 29.1 Å². The number of aromatic amines is 1. The van der Waals surface area contributed by atoms with Crippen LogP contribution in [0.2, 0.25) is 0 Å². The van der Waals surface area contributed by atoms with Crippen molar-refractivity contribution in [3.05, 3.63) is 23.0 Å². The molecule has 3 aromatic heterocycles. The molecule has 19 nitrogen and oxygen atoms in total. The van der Waals surface area contributed by atoms with Crippen molar-refractivity contribution in [1.82, 2.24) is 35.0 Å². The molecule has 2 unspecified atom stereocenters. The fraction of sp³-hybridized carbons (Fsp3) is 0.526. The van der Waals surface area contributed by atoms with Crippen LogP contribution >= 0.6 is 25.2 Å². The van der Waals surface area contributed by atoms with Gasteiger partial charge in [0.25, 0.3) is 5.56 Å². The number of hydrazine groups is 2. The second-order valence-corrected chi connectivity index (χ2v) is 17.0. The first-order valence-corrected chi connectivity index (χ1v) is 18.9. The van der Waals surface area contributed by atoms with Crippen LogP contribution in [0, 0.1) is 0 Å². The van der Waals surface area contributed by atoms with Gasteiger partial charge in [0.2, 0.25) is 11.7 Å². The standard InChI is InChI=1S/C19H23F2N11O8P2S3/c20-8-7-2-38-42(35,44)40-12-6(36-3-19(12,21)31-5-26-9-13(22)24-4-25-14(9)31)1-37-41(34,43)39-11(8)17(45-7)32-15-10(29-30-32)16(33)28-18(23)27-15/h4-8,11-12,17,29-30H,1-3H2,(H,34,43)(H,35,44)(H2,22,24,25)(H3,23,27,28,33)/t6-,7-,8-,11-,12-,17-,19-,41?,42?/m1/s1. The summed E-state index contributed by atoms with van der Waals surface area (Å²) >= 11 is 11.3. The molecule has 0 aliphatic carbocycles. The Morgan fingerprint density at radius 3 is 2.71 bits per heavy atom. The fourth-order valence-electron chi connectivity index (χ4n) is 5.26. The van der Waals surface area contributed by atoms with Gasteiger partial charge < -0.3 is 35.0 Å². The first kappa shape index (κ1) is 31.4. The van der Waals surface area contributed by atoms with Crippen LogP contribution in [0.3, 0.4) is 0 Å². The van der Waals surface area contributed by atoms with Crippen LogP contribution in [-0.2, 0) is 52.2 Å². The Kier molecular flexibility index (Phi) is 7.83. The number of thioether (sulfide) groups is 1. The van der Waals surface area contributed by atoms with Gasteiger partial charge in [-0.3, -0.25) is 33.8 Å². The fourth-order valence-corrected chi connectivity index (χ4v) is 9.75. The van der Waals surface area contributed by atoms with Crippen molar-refractivity contribution in [1.29, 1.82) is 0 Å². The second kappa shape index (κ2) is 11.2. The number of nitrogens with two attached hydrogens (primary N) is 2. The molecular formula is C19H23F2N11O8P2S3. The van der Waals surface area contributed by atoms with Gasteiger partial charge in [-0.2, -0.15) is 4.98 Å². The van der Waals surface area contributed by atoms with E-state index in [-0.39, 0.29) is 34.4 Å². The highest BCUT2D eigenvalue weighted by Gasteiger charge is 2.58. The van der Waals surface area contributed by atoms with Gasteiger partial charge in [-0.25, -0.2) is 23.7 Å². The molecule has 9 N–H and O–H groups in total. The van der Waals surface area contributed by atoms with E-state index >= 15 is 8.78 Å². The van der Waals surface area contributed by atoms with Gasteiger partial charge in [-0.1, -0.05) is 0 Å². The Balaban J connectivity index is 1.20. The predicted molar refractivity (Wildman–Crippen MR) is 162 cm³/mol. The molecule has 7 rings (SSSR count). The van der Waals surface area contributed by atoms with Crippen LogP contribution in [0.15, 0.2) is 17.4 Å². The third-order valence-corrected chi connectivity index (χ3v) is 11.9. The van der Waals surface area contributed by atoms with Crippen molar-refractivity contribution < 1.29 is 41.4 Å². The van der Waals surface area contributed by atoms with Gasteiger partial charge in [0.05, 0.1) is 24.8 Å². The molecule has 26 heteroatoms. The maximum atomic E-state index is 16.9.